The van der Waals surface area contributed by atoms with Gasteiger partial charge in [-0.25, -0.2) is 4.79 Å². The van der Waals surface area contributed by atoms with E-state index < -0.39 is 5.97 Å². The molecular formula is C14H11ClN2O2. The summed E-state index contributed by atoms with van der Waals surface area (Å²) in [6, 6.07) is 15.4. The van der Waals surface area contributed by atoms with Gasteiger partial charge in [0.25, 0.3) is 0 Å². The monoisotopic (exact) mass is 274 g/mol. The molecule has 19 heavy (non-hydrogen) atoms. The van der Waals surface area contributed by atoms with Crippen molar-refractivity contribution in [2.24, 2.45) is 10.9 Å². The molecule has 4 nitrogen and oxygen atoms in total. The van der Waals surface area contributed by atoms with Gasteiger partial charge in [-0.1, -0.05) is 47.1 Å². The number of nitrogens with zero attached hydrogens (tertiary/aromatic N) is 1. The van der Waals surface area contributed by atoms with Crippen molar-refractivity contribution in [2.75, 3.05) is 0 Å². The Bertz CT molecular complexity index is 612. The van der Waals surface area contributed by atoms with Crippen LogP contribution in [0.3, 0.4) is 0 Å². The van der Waals surface area contributed by atoms with Gasteiger partial charge in [-0.2, -0.15) is 0 Å². The van der Waals surface area contributed by atoms with Crippen molar-refractivity contribution in [2.45, 2.75) is 0 Å². The average Bonchev–Trinajstić information content (AvgIpc) is 2.46. The van der Waals surface area contributed by atoms with Gasteiger partial charge in [-0.3, -0.25) is 0 Å². The Morgan fingerprint density at radius 2 is 1.68 bits per heavy atom. The molecule has 0 fully saturated rings. The number of halogens is 1. The van der Waals surface area contributed by atoms with Crippen molar-refractivity contribution in [1.29, 1.82) is 0 Å². The van der Waals surface area contributed by atoms with Gasteiger partial charge in [0.05, 0.1) is 10.6 Å². The first-order valence-electron chi connectivity index (χ1n) is 5.53. The summed E-state index contributed by atoms with van der Waals surface area (Å²) in [5.41, 5.74) is 6.63. The SMILES string of the molecule is N/C(=N/OC(=O)c1ccccc1)c1ccccc1Cl. The van der Waals surface area contributed by atoms with E-state index in [2.05, 4.69) is 5.16 Å². The van der Waals surface area contributed by atoms with Crippen LogP contribution in [0.5, 0.6) is 0 Å². The molecule has 0 heterocycles. The van der Waals surface area contributed by atoms with Crippen LogP contribution in [0, 0.1) is 0 Å². The molecule has 5 heteroatoms. The summed E-state index contributed by atoms with van der Waals surface area (Å²) in [4.78, 5) is 16.4. The summed E-state index contributed by atoms with van der Waals surface area (Å²) in [6.07, 6.45) is 0. The number of nitrogens with two attached hydrogens (primary N) is 1. The third kappa shape index (κ3) is 3.33. The minimum Gasteiger partial charge on any atom is -0.380 e. The van der Waals surface area contributed by atoms with E-state index >= 15 is 0 Å². The molecule has 0 saturated heterocycles. The Kier molecular flexibility index (Phi) is 4.15. The number of amidine groups is 1. The molecule has 0 amide bonds. The summed E-state index contributed by atoms with van der Waals surface area (Å²) in [7, 11) is 0. The third-order valence-electron chi connectivity index (χ3n) is 2.39. The molecular weight excluding hydrogens is 264 g/mol. The maximum absolute atomic E-state index is 11.6. The minimum atomic E-state index is -0.574. The average molecular weight is 275 g/mol. The molecule has 0 bridgehead atoms. The molecule has 0 aliphatic carbocycles. The fraction of sp³-hybridized carbons (Fsp3) is 0. The number of carbonyl (C=O) groups excluding carboxylic acids is 1. The van der Waals surface area contributed by atoms with Crippen LogP contribution in [0.15, 0.2) is 59.8 Å². The van der Waals surface area contributed by atoms with Gasteiger partial charge >= 0.3 is 5.97 Å². The Morgan fingerprint density at radius 1 is 1.05 bits per heavy atom. The van der Waals surface area contributed by atoms with Crippen LogP contribution in [0.1, 0.15) is 15.9 Å². The first-order valence-corrected chi connectivity index (χ1v) is 5.91. The van der Waals surface area contributed by atoms with E-state index in [1.807, 2.05) is 0 Å². The number of oxime groups is 1. The lowest BCUT2D eigenvalue weighted by atomic mass is 10.2. The molecule has 2 rings (SSSR count). The molecule has 2 aromatic rings. The van der Waals surface area contributed by atoms with Gasteiger partial charge in [0.1, 0.15) is 0 Å². The first-order chi connectivity index (χ1) is 9.18. The van der Waals surface area contributed by atoms with Crippen molar-refractivity contribution in [1.82, 2.24) is 0 Å². The van der Waals surface area contributed by atoms with E-state index in [0.29, 0.717) is 16.1 Å². The molecule has 0 saturated carbocycles. The topological polar surface area (TPSA) is 64.7 Å². The summed E-state index contributed by atoms with van der Waals surface area (Å²) in [5, 5.41) is 4.04. The van der Waals surface area contributed by atoms with Crippen molar-refractivity contribution >= 4 is 23.4 Å². The van der Waals surface area contributed by atoms with E-state index in [0.717, 1.165) is 0 Å². The minimum absolute atomic E-state index is 0.0508. The second kappa shape index (κ2) is 6.02. The van der Waals surface area contributed by atoms with Crippen LogP contribution < -0.4 is 5.73 Å². The zero-order chi connectivity index (χ0) is 13.7. The Balaban J connectivity index is 2.11. The van der Waals surface area contributed by atoms with Gasteiger partial charge in [-0.15, -0.1) is 0 Å². The molecule has 0 spiro atoms. The highest BCUT2D eigenvalue weighted by molar-refractivity contribution is 6.34. The second-order valence-electron chi connectivity index (χ2n) is 3.70. The quantitative estimate of drug-likeness (QED) is 0.405. The summed E-state index contributed by atoms with van der Waals surface area (Å²) in [5.74, 6) is -0.523. The van der Waals surface area contributed by atoms with Gasteiger partial charge in [0.15, 0.2) is 5.84 Å². The number of hydrogen-bond acceptors (Lipinski definition) is 3. The molecule has 2 aromatic carbocycles. The maximum atomic E-state index is 11.6. The molecule has 0 aliphatic heterocycles. The number of benzene rings is 2. The van der Waals surface area contributed by atoms with E-state index in [9.17, 15) is 4.79 Å². The summed E-state index contributed by atoms with van der Waals surface area (Å²) >= 11 is 5.95. The van der Waals surface area contributed by atoms with Crippen LogP contribution in [0.25, 0.3) is 0 Å². The standard InChI is InChI=1S/C14H11ClN2O2/c15-12-9-5-4-8-11(12)13(16)17-19-14(18)10-6-2-1-3-7-10/h1-9H,(H2,16,17). The van der Waals surface area contributed by atoms with Crippen molar-refractivity contribution in [3.63, 3.8) is 0 Å². The van der Waals surface area contributed by atoms with Crippen LogP contribution in [-0.2, 0) is 4.84 Å². The molecule has 0 unspecified atom stereocenters. The normalized spacial score (nSPS) is 11.1. The fourth-order valence-electron chi connectivity index (χ4n) is 1.44. The van der Waals surface area contributed by atoms with E-state index in [-0.39, 0.29) is 5.84 Å². The first kappa shape index (κ1) is 13.1. The van der Waals surface area contributed by atoms with E-state index in [4.69, 9.17) is 22.2 Å². The Morgan fingerprint density at radius 3 is 2.37 bits per heavy atom. The van der Waals surface area contributed by atoms with Crippen LogP contribution in [0.2, 0.25) is 5.02 Å². The van der Waals surface area contributed by atoms with E-state index in [1.54, 1.807) is 54.6 Å². The fourth-order valence-corrected chi connectivity index (χ4v) is 1.67. The second-order valence-corrected chi connectivity index (χ2v) is 4.11. The number of rotatable bonds is 3. The molecule has 0 atom stereocenters. The Labute approximate surface area is 115 Å². The molecule has 2 N–H and O–H groups in total. The molecule has 0 aromatic heterocycles. The molecule has 0 aliphatic rings. The van der Waals surface area contributed by atoms with E-state index in [1.165, 1.54) is 0 Å². The highest BCUT2D eigenvalue weighted by Gasteiger charge is 2.08. The molecule has 0 radical (unpaired) electrons. The lowest BCUT2D eigenvalue weighted by Gasteiger charge is -2.02. The van der Waals surface area contributed by atoms with Crippen LogP contribution in [0.4, 0.5) is 0 Å². The van der Waals surface area contributed by atoms with Crippen LogP contribution in [-0.4, -0.2) is 11.8 Å². The van der Waals surface area contributed by atoms with Gasteiger partial charge < -0.3 is 10.6 Å². The maximum Gasteiger partial charge on any atom is 0.365 e. The molecule has 96 valence electrons. The smallest absolute Gasteiger partial charge is 0.365 e. The predicted octanol–water partition coefficient (Wildman–Crippen LogP) is 2.82. The number of carbonyl (C=O) groups is 1. The van der Waals surface area contributed by atoms with Crippen molar-refractivity contribution in [3.05, 3.63) is 70.7 Å². The lowest BCUT2D eigenvalue weighted by Crippen LogP contribution is -2.15. The highest BCUT2D eigenvalue weighted by Crippen LogP contribution is 2.14. The number of hydrogen-bond donors (Lipinski definition) is 1. The third-order valence-corrected chi connectivity index (χ3v) is 2.72. The zero-order valence-corrected chi connectivity index (χ0v) is 10.7. The van der Waals surface area contributed by atoms with Crippen molar-refractivity contribution < 1.29 is 9.63 Å². The predicted molar refractivity (Wildman–Crippen MR) is 74.0 cm³/mol. The van der Waals surface area contributed by atoms with Gasteiger partial charge in [0, 0.05) is 5.56 Å². The van der Waals surface area contributed by atoms with Crippen molar-refractivity contribution in [3.8, 4) is 0 Å². The lowest BCUT2D eigenvalue weighted by molar-refractivity contribution is 0.0516. The highest BCUT2D eigenvalue weighted by atomic mass is 35.5. The Hall–Kier alpha value is -2.33. The summed E-state index contributed by atoms with van der Waals surface area (Å²) < 4.78 is 0. The zero-order valence-electron chi connectivity index (χ0n) is 9.92. The summed E-state index contributed by atoms with van der Waals surface area (Å²) in [6.45, 7) is 0. The van der Waals surface area contributed by atoms with Crippen LogP contribution >= 0.6 is 11.6 Å². The van der Waals surface area contributed by atoms with Gasteiger partial charge in [0.2, 0.25) is 0 Å². The van der Waals surface area contributed by atoms with Gasteiger partial charge in [-0.05, 0) is 24.3 Å². The largest absolute Gasteiger partial charge is 0.380 e.